The highest BCUT2D eigenvalue weighted by Crippen LogP contribution is 2.30. The van der Waals surface area contributed by atoms with Crippen LogP contribution in [0.15, 0.2) is 52.9 Å². The second kappa shape index (κ2) is 4.81. The minimum absolute atomic E-state index is 0.664. The van der Waals surface area contributed by atoms with Gasteiger partial charge in [-0.25, -0.2) is 0 Å². The summed E-state index contributed by atoms with van der Waals surface area (Å²) in [5.74, 6) is 1.74. The molecule has 96 valence electrons. The van der Waals surface area contributed by atoms with E-state index in [9.17, 15) is 0 Å². The lowest BCUT2D eigenvalue weighted by Crippen LogP contribution is -1.89. The quantitative estimate of drug-likeness (QED) is 0.667. The Morgan fingerprint density at radius 3 is 2.53 bits per heavy atom. The summed E-state index contributed by atoms with van der Waals surface area (Å²) in [4.78, 5) is 0. The fraction of sp³-hybridized carbons (Fsp3) is 0.176. The Kier molecular flexibility index (Phi) is 3.00. The van der Waals surface area contributed by atoms with Gasteiger partial charge in [0.1, 0.15) is 17.1 Å². The van der Waals surface area contributed by atoms with E-state index < -0.39 is 0 Å². The molecule has 19 heavy (non-hydrogen) atoms. The maximum absolute atomic E-state index is 5.90. The van der Waals surface area contributed by atoms with Gasteiger partial charge in [0, 0.05) is 17.0 Å². The normalized spacial score (nSPS) is 10.8. The second-order valence-corrected chi connectivity index (χ2v) is 4.61. The molecule has 2 heteroatoms. The maximum atomic E-state index is 5.90. The van der Waals surface area contributed by atoms with Crippen molar-refractivity contribution < 1.29 is 9.15 Å². The summed E-state index contributed by atoms with van der Waals surface area (Å²) in [6.45, 7) is 4.72. The highest BCUT2D eigenvalue weighted by molar-refractivity contribution is 5.83. The smallest absolute Gasteiger partial charge is 0.138 e. The molecular weight excluding hydrogens is 236 g/mol. The van der Waals surface area contributed by atoms with E-state index in [1.807, 2.05) is 25.1 Å². The van der Waals surface area contributed by atoms with Gasteiger partial charge in [0.2, 0.25) is 0 Å². The number of furan rings is 1. The van der Waals surface area contributed by atoms with Gasteiger partial charge in [-0.15, -0.1) is 0 Å². The monoisotopic (exact) mass is 252 g/mol. The average molecular weight is 252 g/mol. The second-order valence-electron chi connectivity index (χ2n) is 4.61. The van der Waals surface area contributed by atoms with Crippen LogP contribution in [0.1, 0.15) is 12.5 Å². The Balaban J connectivity index is 2.03. The molecule has 2 nitrogen and oxygen atoms in total. The van der Waals surface area contributed by atoms with E-state index in [4.69, 9.17) is 9.15 Å². The SMILES string of the molecule is CCOc1ccc2cc(-c3ccc(C)cc3)oc2c1. The Bertz CT molecular complexity index is 693. The van der Waals surface area contributed by atoms with Gasteiger partial charge in [-0.05, 0) is 32.0 Å². The van der Waals surface area contributed by atoms with Gasteiger partial charge in [0.25, 0.3) is 0 Å². The molecule has 3 rings (SSSR count). The first-order valence-electron chi connectivity index (χ1n) is 6.49. The number of hydrogen-bond acceptors (Lipinski definition) is 2. The number of rotatable bonds is 3. The van der Waals surface area contributed by atoms with Crippen molar-refractivity contribution in [1.29, 1.82) is 0 Å². The molecule has 0 aliphatic heterocycles. The van der Waals surface area contributed by atoms with E-state index in [0.717, 1.165) is 28.0 Å². The number of benzene rings is 2. The summed E-state index contributed by atoms with van der Waals surface area (Å²) in [5, 5.41) is 1.10. The van der Waals surface area contributed by atoms with Gasteiger partial charge in [-0.1, -0.05) is 29.8 Å². The van der Waals surface area contributed by atoms with Crippen LogP contribution in [-0.4, -0.2) is 6.61 Å². The van der Waals surface area contributed by atoms with Gasteiger partial charge in [0.05, 0.1) is 6.61 Å². The number of fused-ring (bicyclic) bond motifs is 1. The molecule has 0 saturated carbocycles. The molecular formula is C17H16O2. The third-order valence-corrected chi connectivity index (χ3v) is 3.14. The topological polar surface area (TPSA) is 22.4 Å². The fourth-order valence-electron chi connectivity index (χ4n) is 2.13. The first-order chi connectivity index (χ1) is 9.26. The van der Waals surface area contributed by atoms with Gasteiger partial charge in [-0.3, -0.25) is 0 Å². The first kappa shape index (κ1) is 11.8. The molecule has 0 saturated heterocycles. The van der Waals surface area contributed by atoms with Crippen LogP contribution in [-0.2, 0) is 0 Å². The van der Waals surface area contributed by atoms with E-state index in [-0.39, 0.29) is 0 Å². The summed E-state index contributed by atoms with van der Waals surface area (Å²) in [5.41, 5.74) is 3.21. The van der Waals surface area contributed by atoms with Crippen LogP contribution < -0.4 is 4.74 Å². The van der Waals surface area contributed by atoms with Crippen LogP contribution in [0.4, 0.5) is 0 Å². The van der Waals surface area contributed by atoms with E-state index in [1.165, 1.54) is 5.56 Å². The lowest BCUT2D eigenvalue weighted by Gasteiger charge is -2.00. The van der Waals surface area contributed by atoms with E-state index in [0.29, 0.717) is 6.61 Å². The van der Waals surface area contributed by atoms with Crippen molar-refractivity contribution >= 4 is 11.0 Å². The molecule has 0 radical (unpaired) electrons. The van der Waals surface area contributed by atoms with Gasteiger partial charge in [-0.2, -0.15) is 0 Å². The average Bonchev–Trinajstić information content (AvgIpc) is 2.83. The molecule has 0 unspecified atom stereocenters. The van der Waals surface area contributed by atoms with Crippen molar-refractivity contribution in [2.24, 2.45) is 0 Å². The van der Waals surface area contributed by atoms with Crippen LogP contribution >= 0.6 is 0 Å². The van der Waals surface area contributed by atoms with Crippen LogP contribution in [0.5, 0.6) is 5.75 Å². The zero-order valence-corrected chi connectivity index (χ0v) is 11.1. The molecule has 3 aromatic rings. The summed E-state index contributed by atoms with van der Waals surface area (Å²) in [6, 6.07) is 16.4. The molecule has 0 aliphatic carbocycles. The minimum atomic E-state index is 0.664. The molecule has 0 aliphatic rings. The van der Waals surface area contributed by atoms with Gasteiger partial charge < -0.3 is 9.15 Å². The highest BCUT2D eigenvalue weighted by atomic mass is 16.5. The predicted octanol–water partition coefficient (Wildman–Crippen LogP) is 4.81. The van der Waals surface area contributed by atoms with Crippen molar-refractivity contribution in [2.45, 2.75) is 13.8 Å². The van der Waals surface area contributed by atoms with E-state index >= 15 is 0 Å². The molecule has 1 aromatic heterocycles. The summed E-state index contributed by atoms with van der Waals surface area (Å²) < 4.78 is 11.4. The predicted molar refractivity (Wildman–Crippen MR) is 77.6 cm³/mol. The van der Waals surface area contributed by atoms with Crippen molar-refractivity contribution in [3.63, 3.8) is 0 Å². The lowest BCUT2D eigenvalue weighted by molar-refractivity contribution is 0.340. The Hall–Kier alpha value is -2.22. The molecule has 2 aromatic carbocycles. The minimum Gasteiger partial charge on any atom is -0.494 e. The highest BCUT2D eigenvalue weighted by Gasteiger charge is 2.07. The third kappa shape index (κ3) is 2.34. The van der Waals surface area contributed by atoms with Crippen molar-refractivity contribution in [3.8, 4) is 17.1 Å². The molecule has 0 spiro atoms. The Morgan fingerprint density at radius 1 is 1.00 bits per heavy atom. The summed E-state index contributed by atoms with van der Waals surface area (Å²) >= 11 is 0. The van der Waals surface area contributed by atoms with Crippen LogP contribution in [0.2, 0.25) is 0 Å². The zero-order chi connectivity index (χ0) is 13.2. The molecule has 0 amide bonds. The van der Waals surface area contributed by atoms with Crippen molar-refractivity contribution in [2.75, 3.05) is 6.61 Å². The van der Waals surface area contributed by atoms with E-state index in [2.05, 4.69) is 37.3 Å². The number of aryl methyl sites for hydroxylation is 1. The molecule has 0 fully saturated rings. The maximum Gasteiger partial charge on any atom is 0.138 e. The van der Waals surface area contributed by atoms with Gasteiger partial charge in [0.15, 0.2) is 0 Å². The summed E-state index contributed by atoms with van der Waals surface area (Å²) in [6.07, 6.45) is 0. The molecule has 1 heterocycles. The standard InChI is InChI=1S/C17H16O2/c1-3-18-15-9-8-14-10-16(19-17(14)11-15)13-6-4-12(2)5-7-13/h4-11H,3H2,1-2H3. The molecule has 0 atom stereocenters. The largest absolute Gasteiger partial charge is 0.494 e. The number of hydrogen-bond donors (Lipinski definition) is 0. The zero-order valence-electron chi connectivity index (χ0n) is 11.1. The molecule has 0 bridgehead atoms. The van der Waals surface area contributed by atoms with Crippen LogP contribution in [0.3, 0.4) is 0 Å². The Morgan fingerprint density at radius 2 is 1.79 bits per heavy atom. The third-order valence-electron chi connectivity index (χ3n) is 3.14. The lowest BCUT2D eigenvalue weighted by atomic mass is 10.1. The Labute approximate surface area is 112 Å². The van der Waals surface area contributed by atoms with Crippen molar-refractivity contribution in [3.05, 3.63) is 54.1 Å². The fourth-order valence-corrected chi connectivity index (χ4v) is 2.13. The van der Waals surface area contributed by atoms with Crippen molar-refractivity contribution in [1.82, 2.24) is 0 Å². The number of ether oxygens (including phenoxy) is 1. The van der Waals surface area contributed by atoms with Crippen LogP contribution in [0.25, 0.3) is 22.3 Å². The first-order valence-corrected chi connectivity index (χ1v) is 6.49. The van der Waals surface area contributed by atoms with E-state index in [1.54, 1.807) is 0 Å². The van der Waals surface area contributed by atoms with Crippen LogP contribution in [0, 0.1) is 6.92 Å². The summed E-state index contributed by atoms with van der Waals surface area (Å²) in [7, 11) is 0. The van der Waals surface area contributed by atoms with Gasteiger partial charge >= 0.3 is 0 Å². The molecule has 0 N–H and O–H groups in total.